The van der Waals surface area contributed by atoms with Crippen LogP contribution in [0.2, 0.25) is 0 Å². The minimum atomic E-state index is -0.0202. The van der Waals surface area contributed by atoms with Gasteiger partial charge in [0.25, 0.3) is 0 Å². The molecular weight excluding hydrogens is 703 g/mol. The standard InChI is InChI=1S/C31H37.C6H5.C5H5.C2H5.CH2.2ClH.Zr/c1-28(2,3)26-16-30(7,8)24-12-18-11-19-13-25-23(15-21(19)20(18)14-22(24)26)27(29(4,5)6)17-31(25,9)10;1-2-4-6-5-3-1;1-2-4-5-3-1;1-2;;;;/h12-16H,11H2,1-10H3;1-5H;1-3H,4H2;1H2,2H3;1H2;2*1H;/q4*-1;;;;. The number of hydrogen-bond donors (Lipinski definition) is 0. The van der Waals surface area contributed by atoms with Crippen LogP contribution in [0.5, 0.6) is 0 Å². The minimum Gasteiger partial charge on any atom is -0.184 e. The maximum atomic E-state index is 3.85. The summed E-state index contributed by atoms with van der Waals surface area (Å²) < 4.78 is 3.34. The van der Waals surface area contributed by atoms with Gasteiger partial charge in [-0.1, -0.05) is 92.9 Å². The van der Waals surface area contributed by atoms with E-state index in [2.05, 4.69) is 135 Å². The van der Waals surface area contributed by atoms with Crippen LogP contribution < -0.4 is 0 Å². The fraction of sp³-hybridized carbons (Fsp3) is 0.378. The van der Waals surface area contributed by atoms with Gasteiger partial charge in [-0.05, 0) is 62.3 Å². The first-order chi connectivity index (χ1) is 21.6. The van der Waals surface area contributed by atoms with E-state index in [1.807, 2.05) is 42.5 Å². The molecule has 3 heteroatoms. The summed E-state index contributed by atoms with van der Waals surface area (Å²) in [6.45, 7) is 28.3. The van der Waals surface area contributed by atoms with E-state index in [1.165, 1.54) is 79.9 Å². The predicted octanol–water partition coefficient (Wildman–Crippen LogP) is 12.9. The van der Waals surface area contributed by atoms with Gasteiger partial charge < -0.3 is 6.92 Å². The van der Waals surface area contributed by atoms with E-state index in [0.29, 0.717) is 0 Å². The first-order valence-corrected chi connectivity index (χ1v) is 18.3. The molecule has 0 bridgehead atoms. The molecule has 0 radical (unpaired) electrons. The molecule has 0 atom stereocenters. The third-order valence-electron chi connectivity index (χ3n) is 8.78. The average molecular weight is 759 g/mol. The van der Waals surface area contributed by atoms with Crippen LogP contribution in [0.25, 0.3) is 22.3 Å². The molecule has 48 heavy (non-hydrogen) atoms. The van der Waals surface area contributed by atoms with Gasteiger partial charge in [0, 0.05) is 5.41 Å². The Bertz CT molecular complexity index is 1500. The van der Waals surface area contributed by atoms with E-state index in [-0.39, 0.29) is 46.5 Å². The van der Waals surface area contributed by atoms with Gasteiger partial charge in [0.2, 0.25) is 0 Å². The van der Waals surface area contributed by atoms with Crippen molar-refractivity contribution in [1.82, 2.24) is 0 Å². The van der Waals surface area contributed by atoms with Crippen molar-refractivity contribution in [3.8, 4) is 11.1 Å². The molecule has 0 saturated carbocycles. The Balaban J connectivity index is 0.000000567. The zero-order valence-corrected chi connectivity index (χ0v) is 35.2. The Kier molecular flexibility index (Phi) is 16.3. The van der Waals surface area contributed by atoms with Gasteiger partial charge in [-0.15, -0.1) is 42.9 Å². The molecule has 4 aliphatic rings. The van der Waals surface area contributed by atoms with E-state index in [0.717, 1.165) is 12.8 Å². The summed E-state index contributed by atoms with van der Waals surface area (Å²) in [6, 6.07) is 22.5. The van der Waals surface area contributed by atoms with Gasteiger partial charge in [0.1, 0.15) is 0 Å². The van der Waals surface area contributed by atoms with Crippen molar-refractivity contribution < 1.29 is 24.2 Å². The molecule has 0 nitrogen and oxygen atoms in total. The van der Waals surface area contributed by atoms with Crippen LogP contribution in [0.15, 0.2) is 78.9 Å². The molecule has 0 unspecified atom stereocenters. The maximum absolute atomic E-state index is 3.85. The van der Waals surface area contributed by atoms with Gasteiger partial charge in [-0.2, -0.15) is 55.0 Å². The number of rotatable bonds is 0. The molecule has 0 aliphatic heterocycles. The largest absolute Gasteiger partial charge is 0.184 e. The van der Waals surface area contributed by atoms with Crippen LogP contribution in [0.1, 0.15) is 116 Å². The van der Waals surface area contributed by atoms with Crippen LogP contribution in [-0.2, 0) is 41.5 Å². The van der Waals surface area contributed by atoms with E-state index in [1.54, 1.807) is 6.92 Å². The van der Waals surface area contributed by atoms with Crippen LogP contribution >= 0.6 is 24.8 Å². The average Bonchev–Trinajstić information content (AvgIpc) is 3.80. The Labute approximate surface area is 321 Å². The van der Waals surface area contributed by atoms with Crippen LogP contribution in [0, 0.1) is 36.0 Å². The molecule has 7 rings (SSSR count). The molecule has 0 spiro atoms. The van der Waals surface area contributed by atoms with Gasteiger partial charge in [0.15, 0.2) is 0 Å². The van der Waals surface area contributed by atoms with Crippen molar-refractivity contribution >= 4 is 40.2 Å². The fourth-order valence-electron chi connectivity index (χ4n) is 6.63. The zero-order valence-electron chi connectivity index (χ0n) is 31.2. The van der Waals surface area contributed by atoms with Crippen molar-refractivity contribution in [2.75, 3.05) is 0 Å². The molecule has 3 aromatic carbocycles. The smallest absolute Gasteiger partial charge is 0.171 e. The molecule has 0 saturated heterocycles. The molecular formula is C45H56Cl2Zr-4. The van der Waals surface area contributed by atoms with Gasteiger partial charge in [-0.3, -0.25) is 12.2 Å². The van der Waals surface area contributed by atoms with Crippen molar-refractivity contribution in [1.29, 1.82) is 0 Å². The van der Waals surface area contributed by atoms with E-state index < -0.39 is 0 Å². The van der Waals surface area contributed by atoms with Gasteiger partial charge in [-0.25, -0.2) is 17.7 Å². The van der Waals surface area contributed by atoms with E-state index in [4.69, 9.17) is 0 Å². The van der Waals surface area contributed by atoms with Crippen molar-refractivity contribution in [3.63, 3.8) is 0 Å². The third kappa shape index (κ3) is 9.80. The Morgan fingerprint density at radius 2 is 1.27 bits per heavy atom. The Morgan fingerprint density at radius 1 is 0.729 bits per heavy atom. The van der Waals surface area contributed by atoms with Crippen molar-refractivity contribution in [3.05, 3.63) is 137 Å². The second-order valence-corrected chi connectivity index (χ2v) is 15.3. The molecule has 0 N–H and O–H groups in total. The van der Waals surface area contributed by atoms with Crippen LogP contribution in [0.3, 0.4) is 0 Å². The third-order valence-corrected chi connectivity index (χ3v) is 8.78. The summed E-state index contributed by atoms with van der Waals surface area (Å²) in [6.07, 6.45) is 17.4. The topological polar surface area (TPSA) is 0 Å². The first-order valence-electron chi connectivity index (χ1n) is 16.5. The minimum absolute atomic E-state index is 0. The van der Waals surface area contributed by atoms with Crippen LogP contribution in [-0.4, -0.2) is 4.21 Å². The monoisotopic (exact) mass is 756 g/mol. The quantitative estimate of drug-likeness (QED) is 0.157. The molecule has 0 heterocycles. The number of allylic oxidation sites excluding steroid dienone is 8. The van der Waals surface area contributed by atoms with Crippen LogP contribution in [0.4, 0.5) is 0 Å². The van der Waals surface area contributed by atoms with Gasteiger partial charge >= 0.3 is 28.4 Å². The molecule has 0 fully saturated rings. The number of hydrogen-bond acceptors (Lipinski definition) is 0. The second kappa shape index (κ2) is 17.7. The van der Waals surface area contributed by atoms with Gasteiger partial charge in [0.05, 0.1) is 0 Å². The summed E-state index contributed by atoms with van der Waals surface area (Å²) in [5, 5.41) is 0. The van der Waals surface area contributed by atoms with Crippen molar-refractivity contribution in [2.24, 2.45) is 10.8 Å². The molecule has 258 valence electrons. The second-order valence-electron chi connectivity index (χ2n) is 15.3. The maximum Gasteiger partial charge on any atom is -0.171 e. The molecule has 0 amide bonds. The molecule has 4 aliphatic carbocycles. The molecule has 0 aromatic heterocycles. The zero-order chi connectivity index (χ0) is 34.5. The van der Waals surface area contributed by atoms with Crippen molar-refractivity contribution in [2.45, 2.75) is 99.8 Å². The normalized spacial score (nSPS) is 16.0. The number of halogens is 2. The Hall–Kier alpha value is -2.05. The summed E-state index contributed by atoms with van der Waals surface area (Å²) in [7, 11) is 0. The SMILES string of the molecule is CC(C)(C)C1=[C-]C(C)(C)c2cc3c(cc21)-c1cc2c(cc1C3)C(C)(C)C=C2C(C)(C)C.Cl.Cl.[C-]1=CC=CC1.[CH2-]C.[CH2]=[Zr].[c-]1ccccc1. The number of benzene rings is 3. The summed E-state index contributed by atoms with van der Waals surface area (Å²) in [5.74, 6) is 0. The summed E-state index contributed by atoms with van der Waals surface area (Å²) in [5.41, 5.74) is 14.9. The Morgan fingerprint density at radius 3 is 1.67 bits per heavy atom. The summed E-state index contributed by atoms with van der Waals surface area (Å²) in [4.78, 5) is 0. The summed E-state index contributed by atoms with van der Waals surface area (Å²) >= 11 is 1.30. The molecule has 3 aromatic rings. The predicted molar refractivity (Wildman–Crippen MR) is 214 cm³/mol. The number of fused-ring (bicyclic) bond motifs is 5. The van der Waals surface area contributed by atoms with E-state index in [9.17, 15) is 0 Å². The fourth-order valence-corrected chi connectivity index (χ4v) is 6.63. The van der Waals surface area contributed by atoms with E-state index >= 15 is 0 Å². The first kappa shape index (κ1) is 44.0.